The fourth-order valence-electron chi connectivity index (χ4n) is 2.87. The number of hydrogen-bond acceptors (Lipinski definition) is 5. The van der Waals surface area contributed by atoms with E-state index in [1.807, 2.05) is 18.2 Å². The summed E-state index contributed by atoms with van der Waals surface area (Å²) in [6.07, 6.45) is -0.212. The lowest BCUT2D eigenvalue weighted by Crippen LogP contribution is -2.82. The van der Waals surface area contributed by atoms with Crippen molar-refractivity contribution in [1.82, 2.24) is 0 Å². The molecule has 2 atom stereocenters. The molecule has 7 heteroatoms. The van der Waals surface area contributed by atoms with Crippen LogP contribution in [0.1, 0.15) is 23.5 Å². The number of nitrogens with zero attached hydrogens (tertiary/aromatic N) is 1. The first-order valence-electron chi connectivity index (χ1n) is 7.33. The van der Waals surface area contributed by atoms with Crippen molar-refractivity contribution in [1.29, 1.82) is 0 Å². The Morgan fingerprint density at radius 3 is 2.57 bits per heavy atom. The van der Waals surface area contributed by atoms with E-state index >= 15 is 0 Å². The van der Waals surface area contributed by atoms with Gasteiger partial charge < -0.3 is 19.5 Å². The van der Waals surface area contributed by atoms with Crippen molar-refractivity contribution >= 4 is 5.69 Å². The second kappa shape index (κ2) is 5.53. The molecule has 0 radical (unpaired) electrons. The van der Waals surface area contributed by atoms with E-state index < -0.39 is 4.92 Å². The molecule has 0 amide bonds. The van der Waals surface area contributed by atoms with Crippen LogP contribution in [0.5, 0.6) is 11.5 Å². The quantitative estimate of drug-likeness (QED) is 0.687. The SMILES string of the molecule is O=[N+]([O-])c1ccc([C@H]2C[NH2+][C@@H](c3ccc4c(c3)OCO4)O2)cc1. The van der Waals surface area contributed by atoms with Crippen molar-refractivity contribution in [2.75, 3.05) is 13.3 Å². The van der Waals surface area contributed by atoms with E-state index in [1.54, 1.807) is 12.1 Å². The average molecular weight is 315 g/mol. The van der Waals surface area contributed by atoms with Crippen LogP contribution < -0.4 is 14.8 Å². The number of benzene rings is 2. The van der Waals surface area contributed by atoms with Gasteiger partial charge in [0.1, 0.15) is 12.6 Å². The molecule has 0 saturated carbocycles. The number of rotatable bonds is 3. The van der Waals surface area contributed by atoms with Crippen LogP contribution in [-0.2, 0) is 4.74 Å². The zero-order valence-corrected chi connectivity index (χ0v) is 12.2. The molecule has 4 rings (SSSR count). The van der Waals surface area contributed by atoms with Crippen molar-refractivity contribution in [3.63, 3.8) is 0 Å². The number of nitrogens with two attached hydrogens (primary N) is 1. The number of ether oxygens (including phenoxy) is 3. The Hall–Kier alpha value is -2.64. The predicted octanol–water partition coefficient (Wildman–Crippen LogP) is 1.66. The van der Waals surface area contributed by atoms with Gasteiger partial charge in [0.25, 0.3) is 5.69 Å². The van der Waals surface area contributed by atoms with Crippen molar-refractivity contribution in [3.8, 4) is 11.5 Å². The van der Waals surface area contributed by atoms with E-state index in [0.29, 0.717) is 0 Å². The highest BCUT2D eigenvalue weighted by Crippen LogP contribution is 2.35. The molecule has 2 N–H and O–H groups in total. The molecule has 2 aromatic rings. The van der Waals surface area contributed by atoms with Crippen LogP contribution in [0.2, 0.25) is 0 Å². The first-order chi connectivity index (χ1) is 11.2. The van der Waals surface area contributed by atoms with Crippen LogP contribution in [0.4, 0.5) is 5.69 Å². The second-order valence-electron chi connectivity index (χ2n) is 5.48. The minimum absolute atomic E-state index is 0.0862. The van der Waals surface area contributed by atoms with Gasteiger partial charge >= 0.3 is 0 Å². The fraction of sp³-hybridized carbons (Fsp3) is 0.250. The molecule has 2 aliphatic rings. The average Bonchev–Trinajstić information content (AvgIpc) is 3.23. The molecule has 7 nitrogen and oxygen atoms in total. The van der Waals surface area contributed by atoms with Crippen molar-refractivity contribution in [2.45, 2.75) is 12.3 Å². The number of nitro benzene ring substituents is 1. The summed E-state index contributed by atoms with van der Waals surface area (Å²) in [6, 6.07) is 12.3. The van der Waals surface area contributed by atoms with Gasteiger partial charge in [-0.2, -0.15) is 0 Å². The van der Waals surface area contributed by atoms with Crippen LogP contribution in [0.25, 0.3) is 0 Å². The van der Waals surface area contributed by atoms with Crippen LogP contribution in [-0.4, -0.2) is 18.3 Å². The lowest BCUT2D eigenvalue weighted by atomic mass is 10.1. The van der Waals surface area contributed by atoms with Gasteiger partial charge in [-0.25, -0.2) is 0 Å². The molecular weight excluding hydrogens is 300 g/mol. The topological polar surface area (TPSA) is 87.4 Å². The molecule has 118 valence electrons. The Morgan fingerprint density at radius 2 is 1.78 bits per heavy atom. The fourth-order valence-corrected chi connectivity index (χ4v) is 2.87. The Labute approximate surface area is 131 Å². The molecule has 2 aromatic carbocycles. The normalized spacial score (nSPS) is 22.3. The van der Waals surface area contributed by atoms with Gasteiger partial charge in [-0.1, -0.05) is 0 Å². The monoisotopic (exact) mass is 315 g/mol. The Morgan fingerprint density at radius 1 is 1.04 bits per heavy atom. The highest BCUT2D eigenvalue weighted by atomic mass is 16.7. The van der Waals surface area contributed by atoms with Gasteiger partial charge in [-0.05, 0) is 35.9 Å². The minimum Gasteiger partial charge on any atom is -0.454 e. The van der Waals surface area contributed by atoms with Crippen LogP contribution >= 0.6 is 0 Å². The highest BCUT2D eigenvalue weighted by molar-refractivity contribution is 5.44. The third-order valence-corrected chi connectivity index (χ3v) is 4.08. The number of quaternary nitrogens is 1. The van der Waals surface area contributed by atoms with E-state index in [1.165, 1.54) is 12.1 Å². The summed E-state index contributed by atoms with van der Waals surface area (Å²) >= 11 is 0. The van der Waals surface area contributed by atoms with Crippen LogP contribution in [0.3, 0.4) is 0 Å². The maximum Gasteiger partial charge on any atom is 0.269 e. The molecule has 0 aromatic heterocycles. The third kappa shape index (κ3) is 2.60. The summed E-state index contributed by atoms with van der Waals surface area (Å²) in [5.74, 6) is 1.48. The molecule has 0 spiro atoms. The number of hydrogen-bond donors (Lipinski definition) is 1. The first-order valence-corrected chi connectivity index (χ1v) is 7.33. The third-order valence-electron chi connectivity index (χ3n) is 4.08. The van der Waals surface area contributed by atoms with Gasteiger partial charge in [-0.15, -0.1) is 0 Å². The maximum absolute atomic E-state index is 10.7. The molecule has 0 bridgehead atoms. The highest BCUT2D eigenvalue weighted by Gasteiger charge is 2.32. The molecule has 0 aliphatic carbocycles. The standard InChI is InChI=1S/C16H14N2O5/c19-18(20)12-4-1-10(2-5-12)15-8-17-16(23-15)11-3-6-13-14(7-11)22-9-21-13/h1-7,15-17H,8-9H2/p+1/t15-,16-/m1/s1. The van der Waals surface area contributed by atoms with E-state index in [2.05, 4.69) is 5.32 Å². The largest absolute Gasteiger partial charge is 0.454 e. The Bertz CT molecular complexity index is 747. The Kier molecular flexibility index (Phi) is 3.36. The molecular formula is C16H15N2O5+. The molecule has 2 aliphatic heterocycles. The number of nitro groups is 1. The molecule has 23 heavy (non-hydrogen) atoms. The van der Waals surface area contributed by atoms with E-state index in [-0.39, 0.29) is 24.8 Å². The van der Waals surface area contributed by atoms with Gasteiger partial charge in [0.2, 0.25) is 13.0 Å². The van der Waals surface area contributed by atoms with Crippen LogP contribution in [0.15, 0.2) is 42.5 Å². The van der Waals surface area contributed by atoms with Gasteiger partial charge in [0.15, 0.2) is 11.5 Å². The van der Waals surface area contributed by atoms with Gasteiger partial charge in [-0.3, -0.25) is 10.1 Å². The second-order valence-corrected chi connectivity index (χ2v) is 5.48. The minimum atomic E-state index is -0.402. The van der Waals surface area contributed by atoms with Crippen molar-refractivity contribution in [3.05, 3.63) is 63.7 Å². The van der Waals surface area contributed by atoms with E-state index in [4.69, 9.17) is 14.2 Å². The summed E-state index contributed by atoms with van der Waals surface area (Å²) in [5, 5.41) is 12.8. The number of non-ortho nitro benzene ring substituents is 1. The van der Waals surface area contributed by atoms with Gasteiger partial charge in [0.05, 0.1) is 4.92 Å². The molecule has 1 saturated heterocycles. The Balaban J connectivity index is 1.49. The summed E-state index contributed by atoms with van der Waals surface area (Å²) in [6.45, 7) is 1.01. The molecule has 2 heterocycles. The number of fused-ring (bicyclic) bond motifs is 1. The van der Waals surface area contributed by atoms with Crippen molar-refractivity contribution < 1.29 is 24.5 Å². The summed E-state index contributed by atoms with van der Waals surface area (Å²) in [4.78, 5) is 10.3. The summed E-state index contributed by atoms with van der Waals surface area (Å²) < 4.78 is 16.8. The smallest absolute Gasteiger partial charge is 0.269 e. The maximum atomic E-state index is 10.7. The zero-order valence-electron chi connectivity index (χ0n) is 12.2. The summed E-state index contributed by atoms with van der Waals surface area (Å²) in [7, 11) is 0. The van der Waals surface area contributed by atoms with E-state index in [9.17, 15) is 10.1 Å². The molecule has 0 unspecified atom stereocenters. The zero-order chi connectivity index (χ0) is 15.8. The predicted molar refractivity (Wildman–Crippen MR) is 79.0 cm³/mol. The van der Waals surface area contributed by atoms with Gasteiger partial charge in [0, 0.05) is 17.7 Å². The summed E-state index contributed by atoms with van der Waals surface area (Å²) in [5.41, 5.74) is 2.04. The lowest BCUT2D eigenvalue weighted by Gasteiger charge is -2.10. The lowest BCUT2D eigenvalue weighted by molar-refractivity contribution is -0.698. The van der Waals surface area contributed by atoms with Crippen LogP contribution in [0, 0.1) is 10.1 Å². The molecule has 1 fully saturated rings. The van der Waals surface area contributed by atoms with Crippen molar-refractivity contribution in [2.24, 2.45) is 0 Å². The first kappa shape index (κ1) is 14.0. The van der Waals surface area contributed by atoms with E-state index in [0.717, 1.165) is 29.2 Å².